The molecule has 0 radical (unpaired) electrons. The first-order chi connectivity index (χ1) is 21.8. The van der Waals surface area contributed by atoms with Crippen molar-refractivity contribution in [1.82, 2.24) is 10.6 Å². The van der Waals surface area contributed by atoms with Crippen molar-refractivity contribution >= 4 is 69.4 Å². The van der Waals surface area contributed by atoms with E-state index >= 15 is 0 Å². The number of aliphatic hydroxyl groups excluding tert-OH is 2. The van der Waals surface area contributed by atoms with Crippen LogP contribution in [0.3, 0.4) is 0 Å². The zero-order valence-electron chi connectivity index (χ0n) is 27.6. The molecule has 4 heterocycles. The fraction of sp³-hybridized carbons (Fsp3) is 0.471. The van der Waals surface area contributed by atoms with Crippen LogP contribution in [0.15, 0.2) is 35.8 Å². The number of halogens is 4. The molecule has 14 heteroatoms. The van der Waals surface area contributed by atoms with E-state index in [0.717, 1.165) is 24.0 Å². The third kappa shape index (κ3) is 7.71. The summed E-state index contributed by atoms with van der Waals surface area (Å²) < 4.78 is 11.3. The van der Waals surface area contributed by atoms with Crippen LogP contribution in [0.5, 0.6) is 0 Å². The van der Waals surface area contributed by atoms with Crippen molar-refractivity contribution in [2.75, 3.05) is 13.2 Å². The van der Waals surface area contributed by atoms with Crippen molar-refractivity contribution in [3.63, 3.8) is 0 Å². The Morgan fingerprint density at radius 3 is 1.40 bits per heavy atom. The van der Waals surface area contributed by atoms with E-state index in [1.54, 1.807) is 24.3 Å². The summed E-state index contributed by atoms with van der Waals surface area (Å²) in [6, 6.07) is 6.64. The SMILES string of the molecule is CCC1CC2(CCO1)NC(=O)C(c1c(C)cc(Cl)cc1Cl)=C2O.CCC1CC2(CCO1)NC(=O)C(c1c(C)cc(Cl)cc1Cl)=C2O.[Na+].[OH-]. The first-order valence-electron chi connectivity index (χ1n) is 15.4. The second kappa shape index (κ2) is 16.2. The van der Waals surface area contributed by atoms with Crippen LogP contribution in [0.1, 0.15) is 74.6 Å². The number of aryl methyl sites for hydroxylation is 2. The second-order valence-electron chi connectivity index (χ2n) is 12.4. The van der Waals surface area contributed by atoms with Crippen molar-refractivity contribution in [3.8, 4) is 0 Å². The summed E-state index contributed by atoms with van der Waals surface area (Å²) in [7, 11) is 0. The van der Waals surface area contributed by atoms with Crippen LogP contribution in [0.25, 0.3) is 11.1 Å². The van der Waals surface area contributed by atoms with Gasteiger partial charge in [-0.2, -0.15) is 0 Å². The predicted octanol–water partition coefficient (Wildman–Crippen LogP) is 4.88. The molecule has 4 aliphatic rings. The van der Waals surface area contributed by atoms with E-state index in [1.165, 1.54) is 0 Å². The molecule has 2 fully saturated rings. The van der Waals surface area contributed by atoms with Crippen LogP contribution in [-0.2, 0) is 19.1 Å². The minimum absolute atomic E-state index is 0. The average molecular weight is 752 g/mol. The Hall–Kier alpha value is -1.50. The van der Waals surface area contributed by atoms with Crippen LogP contribution >= 0.6 is 46.4 Å². The van der Waals surface area contributed by atoms with E-state index in [1.807, 2.05) is 27.7 Å². The molecule has 5 N–H and O–H groups in total. The average Bonchev–Trinajstić information content (AvgIpc) is 3.35. The van der Waals surface area contributed by atoms with Crippen LogP contribution in [-0.4, -0.2) is 64.0 Å². The number of carbonyl (C=O) groups excluding carboxylic acids is 2. The maximum atomic E-state index is 12.6. The van der Waals surface area contributed by atoms with Gasteiger partial charge in [0.15, 0.2) is 0 Å². The van der Waals surface area contributed by atoms with Crippen molar-refractivity contribution in [1.29, 1.82) is 0 Å². The molecule has 4 unspecified atom stereocenters. The molecule has 48 heavy (non-hydrogen) atoms. The third-order valence-corrected chi connectivity index (χ3v) is 10.4. The number of benzene rings is 2. The summed E-state index contributed by atoms with van der Waals surface area (Å²) in [5.74, 6) is -0.466. The van der Waals surface area contributed by atoms with Gasteiger partial charge in [0.2, 0.25) is 0 Å². The third-order valence-electron chi connectivity index (χ3n) is 9.37. The van der Waals surface area contributed by atoms with Gasteiger partial charge in [-0.1, -0.05) is 60.3 Å². The van der Waals surface area contributed by atoms with Gasteiger partial charge in [0.1, 0.15) is 22.6 Å². The van der Waals surface area contributed by atoms with Crippen LogP contribution in [0.4, 0.5) is 0 Å². The molecule has 256 valence electrons. The number of ether oxygens (including phenoxy) is 2. The van der Waals surface area contributed by atoms with E-state index in [0.29, 0.717) is 70.1 Å². The summed E-state index contributed by atoms with van der Waals surface area (Å²) >= 11 is 24.6. The van der Waals surface area contributed by atoms with Gasteiger partial charge in [0, 0.05) is 60.1 Å². The van der Waals surface area contributed by atoms with Gasteiger partial charge in [0.25, 0.3) is 11.8 Å². The molecular formula is C34H39Cl4N2NaO7. The Bertz CT molecular complexity index is 1490. The summed E-state index contributed by atoms with van der Waals surface area (Å²) in [6.45, 7) is 8.71. The first-order valence-corrected chi connectivity index (χ1v) is 16.9. The summed E-state index contributed by atoms with van der Waals surface area (Å²) in [5.41, 5.74) is 1.61. The number of hydrogen-bond donors (Lipinski definition) is 4. The number of rotatable bonds is 4. The van der Waals surface area contributed by atoms with E-state index in [4.69, 9.17) is 55.9 Å². The van der Waals surface area contributed by atoms with Crippen molar-refractivity contribution in [2.24, 2.45) is 0 Å². The predicted molar refractivity (Wildman–Crippen MR) is 184 cm³/mol. The number of hydrogen-bond acceptors (Lipinski definition) is 7. The molecule has 0 aliphatic carbocycles. The van der Waals surface area contributed by atoms with Crippen molar-refractivity contribution in [2.45, 2.75) is 89.5 Å². The largest absolute Gasteiger partial charge is 1.00 e. The molecule has 2 saturated heterocycles. The van der Waals surface area contributed by atoms with Gasteiger partial charge in [-0.15, -0.1) is 0 Å². The van der Waals surface area contributed by atoms with Crippen molar-refractivity contribution in [3.05, 3.63) is 78.1 Å². The van der Waals surface area contributed by atoms with Crippen LogP contribution in [0, 0.1) is 13.8 Å². The monoisotopic (exact) mass is 750 g/mol. The molecule has 0 aromatic heterocycles. The van der Waals surface area contributed by atoms with Crippen LogP contribution < -0.4 is 40.2 Å². The zero-order valence-corrected chi connectivity index (χ0v) is 32.6. The van der Waals surface area contributed by atoms with E-state index in [9.17, 15) is 19.8 Å². The quantitative estimate of drug-likeness (QED) is 0.326. The van der Waals surface area contributed by atoms with E-state index < -0.39 is 11.1 Å². The molecule has 0 bridgehead atoms. The summed E-state index contributed by atoms with van der Waals surface area (Å²) in [6.07, 6.45) is 3.94. The minimum atomic E-state index is -0.749. The minimum Gasteiger partial charge on any atom is -0.870 e. The Balaban J connectivity index is 0.000000250. The molecule has 2 aromatic rings. The summed E-state index contributed by atoms with van der Waals surface area (Å²) in [5, 5.41) is 29.4. The molecule has 2 spiro atoms. The Kier molecular flexibility index (Phi) is 13.8. The molecule has 2 aromatic carbocycles. The van der Waals surface area contributed by atoms with Gasteiger partial charge in [-0.3, -0.25) is 9.59 Å². The first kappa shape index (κ1) is 40.9. The van der Waals surface area contributed by atoms with E-state index in [2.05, 4.69) is 10.6 Å². The Morgan fingerprint density at radius 1 is 0.729 bits per heavy atom. The van der Waals surface area contributed by atoms with Gasteiger partial charge < -0.3 is 35.8 Å². The van der Waals surface area contributed by atoms with E-state index in [-0.39, 0.29) is 81.7 Å². The molecular weight excluding hydrogens is 713 g/mol. The van der Waals surface area contributed by atoms with Gasteiger partial charge in [-0.05, 0) is 62.1 Å². The van der Waals surface area contributed by atoms with Gasteiger partial charge in [-0.25, -0.2) is 0 Å². The van der Waals surface area contributed by atoms with Crippen molar-refractivity contribution < 1.29 is 64.3 Å². The number of carbonyl (C=O) groups is 2. The Morgan fingerprint density at radius 2 is 1.08 bits per heavy atom. The fourth-order valence-corrected chi connectivity index (χ4v) is 8.33. The number of aliphatic hydroxyl groups is 2. The second-order valence-corrected chi connectivity index (χ2v) is 14.1. The maximum absolute atomic E-state index is 12.6. The maximum Gasteiger partial charge on any atom is 1.00 e. The standard InChI is InChI=1S/2C17H19Cl2NO3.Na.H2O/c2*1-3-11-8-17(4-5-23-11)15(21)14(16(22)20-17)13-9(2)6-10(18)7-12(13)19;;/h2*6-7,11,21H,3-5,8H2,1-2H3,(H,20,22);;1H2/q;;+1;/p-1. The molecule has 4 aliphatic heterocycles. The van der Waals surface area contributed by atoms with Gasteiger partial charge in [0.05, 0.1) is 33.4 Å². The Labute approximate surface area is 322 Å². The number of amides is 2. The molecule has 6 rings (SSSR count). The topological polar surface area (TPSA) is 147 Å². The molecule has 9 nitrogen and oxygen atoms in total. The number of nitrogens with one attached hydrogen (secondary N) is 2. The van der Waals surface area contributed by atoms with Gasteiger partial charge >= 0.3 is 29.6 Å². The molecule has 2 amide bonds. The fourth-order valence-electron chi connectivity index (χ4n) is 6.95. The van der Waals surface area contributed by atoms with Crippen LogP contribution in [0.2, 0.25) is 20.1 Å². The normalized spacial score (nSPS) is 26.5. The smallest absolute Gasteiger partial charge is 0.870 e. The zero-order chi connectivity index (χ0) is 33.6. The molecule has 4 atom stereocenters. The summed E-state index contributed by atoms with van der Waals surface area (Å²) in [4.78, 5) is 25.2. The molecule has 0 saturated carbocycles.